The number of aromatic nitrogens is 1. The highest BCUT2D eigenvalue weighted by atomic mass is 32.2. The van der Waals surface area contributed by atoms with E-state index in [0.717, 1.165) is 4.90 Å². The summed E-state index contributed by atoms with van der Waals surface area (Å²) >= 11 is 2.76. The van der Waals surface area contributed by atoms with Gasteiger partial charge < -0.3 is 10.6 Å². The zero-order valence-electron chi connectivity index (χ0n) is 16.4. The van der Waals surface area contributed by atoms with Crippen molar-refractivity contribution in [2.45, 2.75) is 4.90 Å². The van der Waals surface area contributed by atoms with Crippen molar-refractivity contribution in [2.24, 2.45) is 0 Å². The number of amides is 2. The first-order chi connectivity index (χ1) is 14.5. The van der Waals surface area contributed by atoms with Crippen LogP contribution in [-0.4, -0.2) is 41.7 Å². The van der Waals surface area contributed by atoms with Gasteiger partial charge in [-0.2, -0.15) is 5.26 Å². The molecule has 0 saturated carbocycles. The minimum atomic E-state index is -0.378. The van der Waals surface area contributed by atoms with Crippen LogP contribution in [0.1, 0.15) is 15.9 Å². The Labute approximate surface area is 182 Å². The van der Waals surface area contributed by atoms with Crippen molar-refractivity contribution in [3.05, 3.63) is 65.0 Å². The number of carbonyl (C=O) groups excluding carboxylic acids is 2. The van der Waals surface area contributed by atoms with Crippen LogP contribution in [0.3, 0.4) is 0 Å². The van der Waals surface area contributed by atoms with Crippen LogP contribution in [-0.2, 0) is 4.79 Å². The van der Waals surface area contributed by atoms with Crippen molar-refractivity contribution in [2.75, 3.05) is 26.0 Å². The molecule has 2 N–H and O–H groups in total. The molecule has 0 radical (unpaired) electrons. The van der Waals surface area contributed by atoms with E-state index < -0.39 is 0 Å². The second-order valence-corrected chi connectivity index (χ2v) is 8.60. The third kappa shape index (κ3) is 5.67. The molecule has 0 aliphatic carbocycles. The fourth-order valence-electron chi connectivity index (χ4n) is 2.59. The van der Waals surface area contributed by atoms with Crippen LogP contribution < -0.4 is 10.6 Å². The van der Waals surface area contributed by atoms with Gasteiger partial charge in [0.05, 0.1) is 23.9 Å². The van der Waals surface area contributed by atoms with Crippen LogP contribution in [0.5, 0.6) is 0 Å². The Balaban J connectivity index is 1.57. The largest absolute Gasteiger partial charge is 0.343 e. The molecule has 0 bridgehead atoms. The molecule has 2 amide bonds. The second-order valence-electron chi connectivity index (χ2n) is 6.36. The van der Waals surface area contributed by atoms with Crippen LogP contribution >= 0.6 is 23.3 Å². The molecule has 0 aliphatic heterocycles. The third-order valence-electron chi connectivity index (χ3n) is 3.87. The van der Waals surface area contributed by atoms with Crippen molar-refractivity contribution in [3.8, 4) is 17.3 Å². The Morgan fingerprint density at radius 1 is 1.20 bits per heavy atom. The number of hydrogen-bond donors (Lipinski definition) is 2. The SMILES string of the molecule is CN(C)Sc1cccc(C(=O)NCC(=O)Nc2nc(-c3ccccc3C#N)cs2)c1. The molecule has 0 unspecified atom stereocenters. The molecule has 0 spiro atoms. The number of anilines is 1. The molecular weight excluding hydrogens is 418 g/mol. The van der Waals surface area contributed by atoms with E-state index in [1.807, 2.05) is 36.6 Å². The molecule has 1 aromatic heterocycles. The fraction of sp³-hybridized carbons (Fsp3) is 0.143. The smallest absolute Gasteiger partial charge is 0.251 e. The minimum absolute atomic E-state index is 0.173. The quantitative estimate of drug-likeness (QED) is 0.548. The molecule has 152 valence electrons. The van der Waals surface area contributed by atoms with Gasteiger partial charge in [0, 0.05) is 21.4 Å². The van der Waals surface area contributed by atoms with Gasteiger partial charge in [-0.3, -0.25) is 13.9 Å². The van der Waals surface area contributed by atoms with Crippen molar-refractivity contribution in [1.82, 2.24) is 14.6 Å². The van der Waals surface area contributed by atoms with Gasteiger partial charge in [-0.1, -0.05) is 24.3 Å². The van der Waals surface area contributed by atoms with Gasteiger partial charge in [0.1, 0.15) is 0 Å². The maximum absolute atomic E-state index is 12.3. The summed E-state index contributed by atoms with van der Waals surface area (Å²) in [6.45, 7) is -0.173. The number of nitrogens with one attached hydrogen (secondary N) is 2. The van der Waals surface area contributed by atoms with E-state index in [1.165, 1.54) is 23.3 Å². The summed E-state index contributed by atoms with van der Waals surface area (Å²) in [4.78, 5) is 29.9. The van der Waals surface area contributed by atoms with Crippen molar-refractivity contribution in [3.63, 3.8) is 0 Å². The lowest BCUT2D eigenvalue weighted by atomic mass is 10.1. The van der Waals surface area contributed by atoms with Gasteiger partial charge in [-0.25, -0.2) is 4.98 Å². The van der Waals surface area contributed by atoms with Crippen molar-refractivity contribution >= 4 is 40.2 Å². The molecule has 2 aromatic carbocycles. The van der Waals surface area contributed by atoms with Gasteiger partial charge >= 0.3 is 0 Å². The topological polar surface area (TPSA) is 98.1 Å². The Hall–Kier alpha value is -3.19. The van der Waals surface area contributed by atoms with Gasteiger partial charge in [0.15, 0.2) is 5.13 Å². The van der Waals surface area contributed by atoms with E-state index in [0.29, 0.717) is 27.5 Å². The van der Waals surface area contributed by atoms with Crippen LogP contribution in [0.25, 0.3) is 11.3 Å². The number of benzene rings is 2. The maximum atomic E-state index is 12.3. The average Bonchev–Trinajstić information content (AvgIpc) is 3.19. The number of rotatable bonds is 7. The predicted molar refractivity (Wildman–Crippen MR) is 119 cm³/mol. The van der Waals surface area contributed by atoms with E-state index in [1.54, 1.807) is 35.7 Å². The summed E-state index contributed by atoms with van der Waals surface area (Å²) in [7, 11) is 3.84. The van der Waals surface area contributed by atoms with Gasteiger partial charge in [0.2, 0.25) is 5.91 Å². The first kappa shape index (κ1) is 21.5. The highest BCUT2D eigenvalue weighted by Crippen LogP contribution is 2.27. The zero-order chi connectivity index (χ0) is 21.5. The summed E-state index contributed by atoms with van der Waals surface area (Å²) in [5.41, 5.74) is 2.33. The van der Waals surface area contributed by atoms with Crippen molar-refractivity contribution in [1.29, 1.82) is 5.26 Å². The molecular formula is C21H19N5O2S2. The van der Waals surface area contributed by atoms with Crippen LogP contribution in [0.2, 0.25) is 0 Å². The van der Waals surface area contributed by atoms with Crippen LogP contribution in [0.4, 0.5) is 5.13 Å². The molecule has 0 atom stereocenters. The molecule has 30 heavy (non-hydrogen) atoms. The number of nitrogens with zero attached hydrogens (tertiary/aromatic N) is 3. The number of hydrogen-bond acceptors (Lipinski definition) is 7. The van der Waals surface area contributed by atoms with E-state index in [2.05, 4.69) is 21.7 Å². The Morgan fingerprint density at radius 3 is 2.77 bits per heavy atom. The number of nitriles is 1. The molecule has 1 heterocycles. The lowest BCUT2D eigenvalue weighted by molar-refractivity contribution is -0.115. The molecule has 9 heteroatoms. The summed E-state index contributed by atoms with van der Waals surface area (Å²) < 4.78 is 1.93. The fourth-order valence-corrected chi connectivity index (χ4v) is 4.06. The van der Waals surface area contributed by atoms with E-state index in [-0.39, 0.29) is 18.4 Å². The number of thiazole rings is 1. The van der Waals surface area contributed by atoms with E-state index >= 15 is 0 Å². The average molecular weight is 438 g/mol. The van der Waals surface area contributed by atoms with Crippen molar-refractivity contribution < 1.29 is 9.59 Å². The van der Waals surface area contributed by atoms with Gasteiger partial charge in [-0.15, -0.1) is 11.3 Å². The first-order valence-electron chi connectivity index (χ1n) is 8.94. The van der Waals surface area contributed by atoms with Gasteiger partial charge in [0.25, 0.3) is 5.91 Å². The molecule has 3 aromatic rings. The van der Waals surface area contributed by atoms with E-state index in [9.17, 15) is 14.9 Å². The second kappa shape index (κ2) is 10.0. The molecule has 0 fully saturated rings. The predicted octanol–water partition coefficient (Wildman–Crippen LogP) is 3.62. The standard InChI is InChI=1S/C21H19N5O2S2/c1-26(2)30-16-8-5-7-14(10-16)20(28)23-12-19(27)25-21-24-18(13-29-21)17-9-4-3-6-15(17)11-22/h3-10,13H,12H2,1-2H3,(H,23,28)(H,24,25,27). The summed E-state index contributed by atoms with van der Waals surface area (Å²) in [6, 6.07) is 16.5. The highest BCUT2D eigenvalue weighted by Gasteiger charge is 2.13. The third-order valence-corrected chi connectivity index (χ3v) is 5.46. The molecule has 0 aliphatic rings. The van der Waals surface area contributed by atoms with Gasteiger partial charge in [-0.05, 0) is 50.3 Å². The summed E-state index contributed by atoms with van der Waals surface area (Å²) in [5.74, 6) is -0.703. The first-order valence-corrected chi connectivity index (χ1v) is 10.6. The number of carbonyl (C=O) groups is 2. The molecule has 3 rings (SSSR count). The zero-order valence-corrected chi connectivity index (χ0v) is 18.0. The highest BCUT2D eigenvalue weighted by molar-refractivity contribution is 7.97. The maximum Gasteiger partial charge on any atom is 0.251 e. The Kier molecular flexibility index (Phi) is 7.19. The lowest BCUT2D eigenvalue weighted by Gasteiger charge is -2.10. The van der Waals surface area contributed by atoms with Crippen LogP contribution in [0, 0.1) is 11.3 Å². The minimum Gasteiger partial charge on any atom is -0.343 e. The van der Waals surface area contributed by atoms with Crippen LogP contribution in [0.15, 0.2) is 58.8 Å². The molecule has 7 nitrogen and oxygen atoms in total. The van der Waals surface area contributed by atoms with E-state index in [4.69, 9.17) is 0 Å². The lowest BCUT2D eigenvalue weighted by Crippen LogP contribution is -2.32. The monoisotopic (exact) mass is 437 g/mol. The Bertz CT molecular complexity index is 1100. The molecule has 0 saturated heterocycles. The normalized spacial score (nSPS) is 10.5. The summed E-state index contributed by atoms with van der Waals surface area (Å²) in [5, 5.41) is 16.7. The summed E-state index contributed by atoms with van der Waals surface area (Å²) in [6.07, 6.45) is 0. The Morgan fingerprint density at radius 2 is 2.00 bits per heavy atom.